The number of benzene rings is 5. The van der Waals surface area contributed by atoms with Crippen LogP contribution in [0, 0.1) is 0 Å². The fourth-order valence-corrected chi connectivity index (χ4v) is 5.81. The van der Waals surface area contributed by atoms with Gasteiger partial charge in [0, 0.05) is 46.3 Å². The lowest BCUT2D eigenvalue weighted by Crippen LogP contribution is -2.09. The summed E-state index contributed by atoms with van der Waals surface area (Å²) < 4.78 is 0. The SMILES string of the molecule is c1ccc(N(c2ccc(-c3ccc4cc(-c5cnc6c(ccc7cccnc76)c5)ccc4c3)cc2)c2cccnc2)cc1. The molecule has 8 rings (SSSR count). The van der Waals surface area contributed by atoms with Crippen molar-refractivity contribution in [3.05, 3.63) is 158 Å². The molecule has 4 heteroatoms. The van der Waals surface area contributed by atoms with E-state index >= 15 is 0 Å². The summed E-state index contributed by atoms with van der Waals surface area (Å²) in [6, 6.07) is 47.0. The molecule has 3 aromatic heterocycles. The first-order chi connectivity index (χ1) is 21.3. The van der Waals surface area contributed by atoms with Crippen molar-refractivity contribution in [2.75, 3.05) is 4.90 Å². The Kier molecular flexibility index (Phi) is 6.08. The minimum atomic E-state index is 0.936. The molecule has 43 heavy (non-hydrogen) atoms. The van der Waals surface area contributed by atoms with Gasteiger partial charge in [0.25, 0.3) is 0 Å². The number of aromatic nitrogens is 3. The lowest BCUT2D eigenvalue weighted by Gasteiger charge is -2.25. The van der Waals surface area contributed by atoms with Gasteiger partial charge in [-0.05, 0) is 88.1 Å². The van der Waals surface area contributed by atoms with Crippen LogP contribution in [0.2, 0.25) is 0 Å². The van der Waals surface area contributed by atoms with Gasteiger partial charge in [0.05, 0.1) is 22.9 Å². The van der Waals surface area contributed by atoms with Gasteiger partial charge in [0.2, 0.25) is 0 Å². The van der Waals surface area contributed by atoms with Crippen LogP contribution in [-0.4, -0.2) is 15.0 Å². The van der Waals surface area contributed by atoms with Gasteiger partial charge >= 0.3 is 0 Å². The molecular weight excluding hydrogens is 524 g/mol. The maximum atomic E-state index is 4.81. The lowest BCUT2D eigenvalue weighted by molar-refractivity contribution is 1.23. The number of fused-ring (bicyclic) bond motifs is 4. The zero-order valence-electron chi connectivity index (χ0n) is 23.3. The highest BCUT2D eigenvalue weighted by atomic mass is 15.1. The summed E-state index contributed by atoms with van der Waals surface area (Å²) in [5.41, 5.74) is 9.69. The first-order valence-corrected chi connectivity index (χ1v) is 14.3. The summed E-state index contributed by atoms with van der Waals surface area (Å²) in [5, 5.41) is 4.60. The van der Waals surface area contributed by atoms with Crippen molar-refractivity contribution in [1.82, 2.24) is 15.0 Å². The quantitative estimate of drug-likeness (QED) is 0.200. The molecule has 0 amide bonds. The predicted octanol–water partition coefficient (Wildman–Crippen LogP) is 10.1. The number of anilines is 3. The van der Waals surface area contributed by atoms with E-state index in [1.807, 2.05) is 36.8 Å². The molecule has 202 valence electrons. The molecule has 0 aliphatic rings. The Morgan fingerprint density at radius 1 is 0.372 bits per heavy atom. The van der Waals surface area contributed by atoms with E-state index in [9.17, 15) is 0 Å². The van der Waals surface area contributed by atoms with Crippen molar-refractivity contribution in [3.63, 3.8) is 0 Å². The molecule has 0 fully saturated rings. The molecule has 0 radical (unpaired) electrons. The van der Waals surface area contributed by atoms with E-state index in [0.29, 0.717) is 0 Å². The first-order valence-electron chi connectivity index (χ1n) is 14.3. The third kappa shape index (κ3) is 4.65. The van der Waals surface area contributed by atoms with Crippen molar-refractivity contribution in [3.8, 4) is 22.3 Å². The van der Waals surface area contributed by atoms with Gasteiger partial charge in [0.15, 0.2) is 0 Å². The Morgan fingerprint density at radius 2 is 0.977 bits per heavy atom. The Labute approximate surface area is 249 Å². The van der Waals surface area contributed by atoms with E-state index in [1.54, 1.807) is 6.20 Å². The van der Waals surface area contributed by atoms with Crippen LogP contribution >= 0.6 is 0 Å². The Bertz CT molecular complexity index is 2190. The molecule has 0 bridgehead atoms. The Morgan fingerprint density at radius 3 is 1.74 bits per heavy atom. The number of nitrogens with zero attached hydrogens (tertiary/aromatic N) is 4. The van der Waals surface area contributed by atoms with Gasteiger partial charge in [-0.25, -0.2) is 0 Å². The summed E-state index contributed by atoms with van der Waals surface area (Å²) in [6.45, 7) is 0. The van der Waals surface area contributed by atoms with E-state index in [1.165, 1.54) is 21.9 Å². The summed E-state index contributed by atoms with van der Waals surface area (Å²) in [6.07, 6.45) is 7.48. The van der Waals surface area contributed by atoms with Crippen molar-refractivity contribution in [1.29, 1.82) is 0 Å². The van der Waals surface area contributed by atoms with Gasteiger partial charge in [-0.3, -0.25) is 15.0 Å². The smallest absolute Gasteiger partial charge is 0.0964 e. The maximum Gasteiger partial charge on any atom is 0.0964 e. The molecule has 0 N–H and O–H groups in total. The average Bonchev–Trinajstić information content (AvgIpc) is 3.09. The van der Waals surface area contributed by atoms with E-state index < -0.39 is 0 Å². The second-order valence-corrected chi connectivity index (χ2v) is 10.6. The number of para-hydroxylation sites is 1. The van der Waals surface area contributed by atoms with Gasteiger partial charge < -0.3 is 4.90 Å². The van der Waals surface area contributed by atoms with E-state index in [-0.39, 0.29) is 0 Å². The normalized spacial score (nSPS) is 11.3. The summed E-state index contributed by atoms with van der Waals surface area (Å²) >= 11 is 0. The highest BCUT2D eigenvalue weighted by Gasteiger charge is 2.13. The predicted molar refractivity (Wildman–Crippen MR) is 178 cm³/mol. The van der Waals surface area contributed by atoms with Gasteiger partial charge in [0.1, 0.15) is 0 Å². The molecule has 3 heterocycles. The average molecular weight is 551 g/mol. The molecule has 0 unspecified atom stereocenters. The van der Waals surface area contributed by atoms with Crippen LogP contribution < -0.4 is 4.90 Å². The zero-order valence-corrected chi connectivity index (χ0v) is 23.3. The number of pyridine rings is 3. The molecule has 8 aromatic rings. The highest BCUT2D eigenvalue weighted by Crippen LogP contribution is 2.36. The van der Waals surface area contributed by atoms with Crippen molar-refractivity contribution in [2.45, 2.75) is 0 Å². The number of hydrogen-bond donors (Lipinski definition) is 0. The highest BCUT2D eigenvalue weighted by molar-refractivity contribution is 6.03. The standard InChI is InChI=1S/C39H26N4/c1-2-7-35(8-3-1)43(37-9-5-20-40-26-37)36-18-16-27(17-19-36)29-11-12-31-23-32(14-13-30(31)22-29)34-24-33-15-10-28-6-4-21-41-38(28)39(33)42-25-34/h1-26H. The van der Waals surface area contributed by atoms with Crippen LogP contribution in [0.1, 0.15) is 0 Å². The minimum absolute atomic E-state index is 0.936. The third-order valence-corrected chi connectivity index (χ3v) is 7.97. The van der Waals surface area contributed by atoms with Crippen molar-refractivity contribution >= 4 is 49.6 Å². The van der Waals surface area contributed by atoms with Crippen molar-refractivity contribution in [2.24, 2.45) is 0 Å². The van der Waals surface area contributed by atoms with Gasteiger partial charge in [-0.2, -0.15) is 0 Å². The fraction of sp³-hybridized carbons (Fsp3) is 0. The second-order valence-electron chi connectivity index (χ2n) is 10.6. The molecule has 0 saturated heterocycles. The van der Waals surface area contributed by atoms with E-state index in [0.717, 1.165) is 50.0 Å². The van der Waals surface area contributed by atoms with Crippen LogP contribution in [0.5, 0.6) is 0 Å². The van der Waals surface area contributed by atoms with Crippen LogP contribution in [0.15, 0.2) is 158 Å². The van der Waals surface area contributed by atoms with Gasteiger partial charge in [-0.15, -0.1) is 0 Å². The molecule has 0 saturated carbocycles. The molecular formula is C39H26N4. The minimum Gasteiger partial charge on any atom is -0.309 e. The number of hydrogen-bond acceptors (Lipinski definition) is 4. The van der Waals surface area contributed by atoms with Crippen LogP contribution in [0.3, 0.4) is 0 Å². The summed E-state index contributed by atoms with van der Waals surface area (Å²) in [4.78, 5) is 15.9. The van der Waals surface area contributed by atoms with Crippen molar-refractivity contribution < 1.29 is 0 Å². The summed E-state index contributed by atoms with van der Waals surface area (Å²) in [7, 11) is 0. The maximum absolute atomic E-state index is 4.81. The van der Waals surface area contributed by atoms with Crippen LogP contribution in [-0.2, 0) is 0 Å². The second kappa shape index (κ2) is 10.5. The number of rotatable bonds is 5. The molecule has 5 aromatic carbocycles. The first kappa shape index (κ1) is 24.9. The Hall–Kier alpha value is -5.87. The molecule has 0 aliphatic carbocycles. The fourth-order valence-electron chi connectivity index (χ4n) is 5.81. The van der Waals surface area contributed by atoms with Crippen LogP contribution in [0.25, 0.3) is 54.8 Å². The molecule has 0 atom stereocenters. The molecule has 4 nitrogen and oxygen atoms in total. The van der Waals surface area contributed by atoms with E-state index in [4.69, 9.17) is 4.98 Å². The third-order valence-electron chi connectivity index (χ3n) is 7.97. The van der Waals surface area contributed by atoms with Gasteiger partial charge in [-0.1, -0.05) is 72.8 Å². The Balaban J connectivity index is 1.10. The van der Waals surface area contributed by atoms with Crippen LogP contribution in [0.4, 0.5) is 17.1 Å². The molecule has 0 spiro atoms. The topological polar surface area (TPSA) is 41.9 Å². The lowest BCUT2D eigenvalue weighted by atomic mass is 9.97. The zero-order chi connectivity index (χ0) is 28.6. The summed E-state index contributed by atoms with van der Waals surface area (Å²) in [5.74, 6) is 0. The largest absolute Gasteiger partial charge is 0.309 e. The monoisotopic (exact) mass is 550 g/mol. The molecule has 0 aliphatic heterocycles. The van der Waals surface area contributed by atoms with E-state index in [2.05, 4.69) is 130 Å².